The summed E-state index contributed by atoms with van der Waals surface area (Å²) in [6.45, 7) is 6.85. The number of hydrazine groups is 1. The van der Waals surface area contributed by atoms with Gasteiger partial charge in [-0.25, -0.2) is 4.98 Å². The largest absolute Gasteiger partial charge is 0.342 e. The Morgan fingerprint density at radius 1 is 1.36 bits per heavy atom. The second kappa shape index (κ2) is 8.95. The molecular formula is C21H28N4OS2. The van der Waals surface area contributed by atoms with Crippen LogP contribution in [0.3, 0.4) is 0 Å². The number of thiazole rings is 1. The number of carbonyl (C=O) groups is 1. The Labute approximate surface area is 175 Å². The molecule has 2 fully saturated rings. The average molecular weight is 417 g/mol. The van der Waals surface area contributed by atoms with Crippen molar-refractivity contribution in [2.45, 2.75) is 43.0 Å². The molecule has 1 aromatic carbocycles. The molecule has 2 N–H and O–H groups in total. The van der Waals surface area contributed by atoms with Gasteiger partial charge in [0.1, 0.15) is 0 Å². The van der Waals surface area contributed by atoms with Crippen molar-refractivity contribution in [3.63, 3.8) is 0 Å². The lowest BCUT2D eigenvalue weighted by Gasteiger charge is -2.37. The number of hydrogen-bond donors (Lipinski definition) is 2. The van der Waals surface area contributed by atoms with Gasteiger partial charge >= 0.3 is 0 Å². The molecule has 28 heavy (non-hydrogen) atoms. The van der Waals surface area contributed by atoms with Gasteiger partial charge in [-0.2, -0.15) is 0 Å². The summed E-state index contributed by atoms with van der Waals surface area (Å²) >= 11 is 3.19. The number of nitrogens with zero attached hydrogens (tertiary/aromatic N) is 2. The number of aryl methyl sites for hydroxylation is 2. The topological polar surface area (TPSA) is 57.3 Å². The van der Waals surface area contributed by atoms with E-state index in [-0.39, 0.29) is 5.91 Å². The molecule has 0 aliphatic carbocycles. The fraction of sp³-hybridized carbons (Fsp3) is 0.524. The fourth-order valence-electron chi connectivity index (χ4n) is 4.41. The van der Waals surface area contributed by atoms with Crippen LogP contribution in [0.1, 0.15) is 35.6 Å². The molecule has 7 heteroatoms. The molecule has 1 aromatic heterocycles. The van der Waals surface area contributed by atoms with Crippen LogP contribution in [-0.4, -0.2) is 47.2 Å². The maximum Gasteiger partial charge on any atom is 0.233 e. The zero-order valence-corrected chi connectivity index (χ0v) is 18.1. The van der Waals surface area contributed by atoms with Crippen LogP contribution in [0.5, 0.6) is 0 Å². The van der Waals surface area contributed by atoms with Gasteiger partial charge in [0.05, 0.1) is 5.75 Å². The third-order valence-corrected chi connectivity index (χ3v) is 7.97. The van der Waals surface area contributed by atoms with Gasteiger partial charge in [-0.05, 0) is 43.7 Å². The predicted octanol–water partition coefficient (Wildman–Crippen LogP) is 3.35. The lowest BCUT2D eigenvalue weighted by Crippen LogP contribution is -2.48. The highest BCUT2D eigenvalue weighted by atomic mass is 32.2. The Morgan fingerprint density at radius 2 is 2.21 bits per heavy atom. The minimum Gasteiger partial charge on any atom is -0.342 e. The summed E-state index contributed by atoms with van der Waals surface area (Å²) in [6, 6.07) is 9.04. The molecule has 3 atom stereocenters. The number of rotatable bonds is 5. The number of benzene rings is 1. The Hall–Kier alpha value is -1.41. The first kappa shape index (κ1) is 19.9. The van der Waals surface area contributed by atoms with Gasteiger partial charge in [0.15, 0.2) is 4.34 Å². The van der Waals surface area contributed by atoms with Crippen LogP contribution >= 0.6 is 23.1 Å². The molecule has 2 saturated heterocycles. The van der Waals surface area contributed by atoms with Crippen molar-refractivity contribution in [2.24, 2.45) is 5.92 Å². The number of piperidine rings is 1. The summed E-state index contributed by atoms with van der Waals surface area (Å²) in [5.74, 6) is 1.65. The second-order valence-electron chi connectivity index (χ2n) is 7.80. The predicted molar refractivity (Wildman–Crippen MR) is 116 cm³/mol. The van der Waals surface area contributed by atoms with Crippen molar-refractivity contribution < 1.29 is 4.79 Å². The maximum atomic E-state index is 12.8. The molecule has 0 radical (unpaired) electrons. The summed E-state index contributed by atoms with van der Waals surface area (Å²) < 4.78 is 0.987. The first-order chi connectivity index (χ1) is 13.6. The van der Waals surface area contributed by atoms with Crippen molar-refractivity contribution in [1.82, 2.24) is 20.7 Å². The normalized spacial score (nSPS) is 25.2. The Kier molecular flexibility index (Phi) is 6.35. The highest BCUT2D eigenvalue weighted by molar-refractivity contribution is 8.01. The average Bonchev–Trinajstić information content (AvgIpc) is 3.35. The molecule has 1 amide bonds. The summed E-state index contributed by atoms with van der Waals surface area (Å²) in [6.07, 6.45) is 2.25. The smallest absolute Gasteiger partial charge is 0.233 e. The van der Waals surface area contributed by atoms with Crippen molar-refractivity contribution in [2.75, 3.05) is 25.4 Å². The number of carbonyl (C=O) groups excluding carboxylic acids is 1. The Balaban J connectivity index is 1.39. The van der Waals surface area contributed by atoms with Crippen LogP contribution in [0.4, 0.5) is 0 Å². The molecule has 0 spiro atoms. The second-order valence-corrected chi connectivity index (χ2v) is 9.88. The van der Waals surface area contributed by atoms with Crippen LogP contribution in [0.15, 0.2) is 34.0 Å². The van der Waals surface area contributed by atoms with E-state index in [4.69, 9.17) is 0 Å². The summed E-state index contributed by atoms with van der Waals surface area (Å²) in [7, 11) is 0. The van der Waals surface area contributed by atoms with Gasteiger partial charge in [0, 0.05) is 42.7 Å². The third-order valence-electron chi connectivity index (χ3n) is 5.85. The van der Waals surface area contributed by atoms with Crippen molar-refractivity contribution >= 4 is 29.0 Å². The molecule has 5 nitrogen and oxygen atoms in total. The van der Waals surface area contributed by atoms with E-state index in [0.717, 1.165) is 36.1 Å². The monoisotopic (exact) mass is 416 g/mol. The van der Waals surface area contributed by atoms with Gasteiger partial charge in [-0.1, -0.05) is 36.0 Å². The van der Waals surface area contributed by atoms with Gasteiger partial charge in [-0.15, -0.1) is 11.3 Å². The first-order valence-corrected chi connectivity index (χ1v) is 11.8. The van der Waals surface area contributed by atoms with Gasteiger partial charge in [0.2, 0.25) is 5.91 Å². The molecule has 0 saturated carbocycles. The molecule has 2 aliphatic rings. The van der Waals surface area contributed by atoms with Crippen molar-refractivity contribution in [3.8, 4) is 0 Å². The van der Waals surface area contributed by atoms with Crippen LogP contribution in [0.25, 0.3) is 0 Å². The highest BCUT2D eigenvalue weighted by Crippen LogP contribution is 2.33. The van der Waals surface area contributed by atoms with Crippen molar-refractivity contribution in [1.29, 1.82) is 0 Å². The van der Waals surface area contributed by atoms with E-state index in [1.807, 2.05) is 12.3 Å². The van der Waals surface area contributed by atoms with Gasteiger partial charge in [-0.3, -0.25) is 15.6 Å². The molecule has 4 rings (SSSR count). The summed E-state index contributed by atoms with van der Waals surface area (Å²) in [4.78, 5) is 19.3. The van der Waals surface area contributed by atoms with E-state index in [1.54, 1.807) is 23.1 Å². The fourth-order valence-corrected chi connectivity index (χ4v) is 6.16. The number of likely N-dealkylation sites (tertiary alicyclic amines) is 1. The Bertz CT molecular complexity index is 824. The highest BCUT2D eigenvalue weighted by Gasteiger charge is 2.37. The molecule has 0 bridgehead atoms. The number of amides is 1. The summed E-state index contributed by atoms with van der Waals surface area (Å²) in [5, 5.41) is 2.04. The molecule has 2 aromatic rings. The molecule has 3 unspecified atom stereocenters. The van der Waals surface area contributed by atoms with E-state index < -0.39 is 0 Å². The van der Waals surface area contributed by atoms with E-state index in [2.05, 4.69) is 51.9 Å². The molecule has 150 valence electrons. The zero-order chi connectivity index (χ0) is 19.5. The minimum atomic E-state index is 0.237. The van der Waals surface area contributed by atoms with Gasteiger partial charge in [0.25, 0.3) is 0 Å². The standard InChI is InChI=1S/C21H28N4OS2/c1-14-6-3-4-8-17(14)18-10-22-24-20(18)16-7-5-9-25(11-16)19(26)13-28-21-23-15(2)12-27-21/h3-4,6,8,12,16,18,20,22,24H,5,7,9-11,13H2,1-2H3. The first-order valence-electron chi connectivity index (χ1n) is 9.98. The van der Waals surface area contributed by atoms with E-state index >= 15 is 0 Å². The zero-order valence-electron chi connectivity index (χ0n) is 16.5. The van der Waals surface area contributed by atoms with Crippen LogP contribution in [0.2, 0.25) is 0 Å². The summed E-state index contributed by atoms with van der Waals surface area (Å²) in [5.41, 5.74) is 10.7. The minimum absolute atomic E-state index is 0.237. The Morgan fingerprint density at radius 3 is 3.00 bits per heavy atom. The quantitative estimate of drug-likeness (QED) is 0.732. The lowest BCUT2D eigenvalue weighted by atomic mass is 9.80. The van der Waals surface area contributed by atoms with E-state index in [0.29, 0.717) is 23.6 Å². The molecule has 3 heterocycles. The molecular weight excluding hydrogens is 388 g/mol. The van der Waals surface area contributed by atoms with Crippen LogP contribution in [-0.2, 0) is 4.79 Å². The number of hydrogen-bond acceptors (Lipinski definition) is 6. The number of aromatic nitrogens is 1. The van der Waals surface area contributed by atoms with Crippen LogP contribution in [0, 0.1) is 19.8 Å². The lowest BCUT2D eigenvalue weighted by molar-refractivity contribution is -0.130. The van der Waals surface area contributed by atoms with E-state index in [9.17, 15) is 4.79 Å². The van der Waals surface area contributed by atoms with Crippen LogP contribution < -0.4 is 10.9 Å². The molecule has 2 aliphatic heterocycles. The SMILES string of the molecule is Cc1csc(SCC(=O)N2CCCC(C3NNCC3c3ccccc3C)C2)n1. The third kappa shape index (κ3) is 4.43. The maximum absolute atomic E-state index is 12.8. The number of thioether (sulfide) groups is 1. The van der Waals surface area contributed by atoms with Crippen molar-refractivity contribution in [3.05, 3.63) is 46.5 Å². The van der Waals surface area contributed by atoms with Gasteiger partial charge < -0.3 is 4.90 Å². The number of nitrogens with one attached hydrogen (secondary N) is 2. The van der Waals surface area contributed by atoms with E-state index in [1.165, 1.54) is 17.5 Å².